The van der Waals surface area contributed by atoms with Crippen LogP contribution in [0.3, 0.4) is 0 Å². The first-order chi connectivity index (χ1) is 9.56. The molecule has 0 aromatic heterocycles. The van der Waals surface area contributed by atoms with E-state index in [1.165, 1.54) is 11.1 Å². The molecule has 0 aliphatic heterocycles. The van der Waals surface area contributed by atoms with Gasteiger partial charge < -0.3 is 10.1 Å². The van der Waals surface area contributed by atoms with Crippen LogP contribution in [0, 0.1) is 0 Å². The van der Waals surface area contributed by atoms with E-state index in [4.69, 9.17) is 4.74 Å². The minimum Gasteiger partial charge on any atom is -0.375 e. The first-order valence-corrected chi connectivity index (χ1v) is 7.61. The Balaban J connectivity index is 2.41. The van der Waals surface area contributed by atoms with E-state index in [0.717, 1.165) is 19.7 Å². The summed E-state index contributed by atoms with van der Waals surface area (Å²) in [5.41, 5.74) is 2.60. The summed E-state index contributed by atoms with van der Waals surface area (Å²) in [6.07, 6.45) is 0. The first-order valence-electron chi connectivity index (χ1n) is 7.61. The van der Waals surface area contributed by atoms with E-state index in [1.54, 1.807) is 0 Å². The van der Waals surface area contributed by atoms with Gasteiger partial charge in [0.1, 0.15) is 0 Å². The van der Waals surface area contributed by atoms with E-state index >= 15 is 0 Å². The lowest BCUT2D eigenvalue weighted by molar-refractivity contribution is 0.0696. The highest BCUT2D eigenvalue weighted by Gasteiger charge is 2.12. The molecular formula is C17H30N2O. The quantitative estimate of drug-likeness (QED) is 0.703. The highest BCUT2D eigenvalue weighted by Crippen LogP contribution is 2.10. The zero-order valence-corrected chi connectivity index (χ0v) is 13.6. The molecule has 0 atom stereocenters. The molecule has 3 heteroatoms. The average Bonchev–Trinajstić information content (AvgIpc) is 2.39. The molecule has 0 aliphatic carbocycles. The van der Waals surface area contributed by atoms with Crippen molar-refractivity contribution >= 4 is 0 Å². The van der Waals surface area contributed by atoms with Crippen molar-refractivity contribution in [3.8, 4) is 0 Å². The van der Waals surface area contributed by atoms with Crippen LogP contribution < -0.4 is 5.32 Å². The maximum atomic E-state index is 5.87. The maximum Gasteiger partial charge on any atom is 0.0720 e. The Hall–Kier alpha value is -0.900. The van der Waals surface area contributed by atoms with Crippen molar-refractivity contribution in [2.45, 2.75) is 52.9 Å². The second kappa shape index (κ2) is 9.11. The van der Waals surface area contributed by atoms with Crippen LogP contribution in [0.2, 0.25) is 0 Å². The molecule has 20 heavy (non-hydrogen) atoms. The third-order valence-electron chi connectivity index (χ3n) is 3.56. The lowest BCUT2D eigenvalue weighted by atomic mass is 10.1. The number of benzene rings is 1. The van der Waals surface area contributed by atoms with Crippen LogP contribution in [0.1, 0.15) is 38.8 Å². The largest absolute Gasteiger partial charge is 0.375 e. The molecule has 1 N–H and O–H groups in total. The summed E-state index contributed by atoms with van der Waals surface area (Å²) in [6, 6.07) is 9.59. The van der Waals surface area contributed by atoms with Crippen LogP contribution in [-0.4, -0.2) is 37.2 Å². The minimum absolute atomic E-state index is 0.565. The number of ether oxygens (including phenoxy) is 1. The molecule has 0 fully saturated rings. The summed E-state index contributed by atoms with van der Waals surface area (Å²) in [5.74, 6) is 0. The molecule has 1 aromatic rings. The van der Waals surface area contributed by atoms with Crippen molar-refractivity contribution in [1.82, 2.24) is 10.2 Å². The highest BCUT2D eigenvalue weighted by atomic mass is 16.5. The van der Waals surface area contributed by atoms with Gasteiger partial charge in [-0.2, -0.15) is 0 Å². The van der Waals surface area contributed by atoms with Gasteiger partial charge in [-0.3, -0.25) is 4.90 Å². The summed E-state index contributed by atoms with van der Waals surface area (Å²) in [5, 5.41) is 3.20. The van der Waals surface area contributed by atoms with Gasteiger partial charge in [-0.05, 0) is 45.9 Å². The Kier molecular flexibility index (Phi) is 7.82. The van der Waals surface area contributed by atoms with Crippen LogP contribution >= 0.6 is 0 Å². The number of hydrogen-bond donors (Lipinski definition) is 1. The van der Waals surface area contributed by atoms with E-state index in [0.29, 0.717) is 18.7 Å². The third-order valence-corrected chi connectivity index (χ3v) is 3.56. The van der Waals surface area contributed by atoms with Gasteiger partial charge in [0.05, 0.1) is 13.2 Å². The molecule has 0 aliphatic rings. The van der Waals surface area contributed by atoms with Gasteiger partial charge >= 0.3 is 0 Å². The van der Waals surface area contributed by atoms with Gasteiger partial charge in [0.2, 0.25) is 0 Å². The van der Waals surface area contributed by atoms with Gasteiger partial charge in [0.15, 0.2) is 0 Å². The van der Waals surface area contributed by atoms with E-state index < -0.39 is 0 Å². The van der Waals surface area contributed by atoms with Crippen molar-refractivity contribution in [2.75, 3.05) is 20.2 Å². The highest BCUT2D eigenvalue weighted by molar-refractivity contribution is 5.26. The first kappa shape index (κ1) is 17.2. The standard InChI is InChI=1S/C17H30N2O/c1-14(2)19(15(3)4)10-11-20-13-17-9-7-6-8-16(17)12-18-5/h6-9,14-15,18H,10-13H2,1-5H3. The van der Waals surface area contributed by atoms with Crippen LogP contribution in [0.5, 0.6) is 0 Å². The molecule has 3 nitrogen and oxygen atoms in total. The number of nitrogens with zero attached hydrogens (tertiary/aromatic N) is 1. The molecule has 0 heterocycles. The van der Waals surface area contributed by atoms with E-state index in [-0.39, 0.29) is 0 Å². The van der Waals surface area contributed by atoms with E-state index in [9.17, 15) is 0 Å². The second-order valence-corrected chi connectivity index (χ2v) is 5.78. The van der Waals surface area contributed by atoms with Gasteiger partial charge in [-0.1, -0.05) is 24.3 Å². The molecule has 114 valence electrons. The Labute approximate surface area is 124 Å². The number of rotatable bonds is 9. The van der Waals surface area contributed by atoms with Crippen LogP contribution in [0.4, 0.5) is 0 Å². The molecule has 0 saturated carbocycles. The Bertz CT molecular complexity index is 369. The second-order valence-electron chi connectivity index (χ2n) is 5.78. The molecule has 0 bridgehead atoms. The summed E-state index contributed by atoms with van der Waals surface area (Å²) < 4.78 is 5.87. The lowest BCUT2D eigenvalue weighted by Gasteiger charge is -2.30. The van der Waals surface area contributed by atoms with E-state index in [2.05, 4.69) is 62.2 Å². The van der Waals surface area contributed by atoms with Crippen molar-refractivity contribution in [3.63, 3.8) is 0 Å². The summed E-state index contributed by atoms with van der Waals surface area (Å²) in [7, 11) is 1.97. The molecule has 1 rings (SSSR count). The lowest BCUT2D eigenvalue weighted by Crippen LogP contribution is -2.39. The normalized spacial score (nSPS) is 11.8. The van der Waals surface area contributed by atoms with Gasteiger partial charge in [-0.15, -0.1) is 0 Å². The SMILES string of the molecule is CNCc1ccccc1COCCN(C(C)C)C(C)C. The minimum atomic E-state index is 0.565. The third kappa shape index (κ3) is 5.61. The van der Waals surface area contributed by atoms with Crippen molar-refractivity contribution in [1.29, 1.82) is 0 Å². The molecule has 0 amide bonds. The summed E-state index contributed by atoms with van der Waals surface area (Å²) >= 11 is 0. The molecule has 1 aromatic carbocycles. The zero-order valence-electron chi connectivity index (χ0n) is 13.6. The smallest absolute Gasteiger partial charge is 0.0720 e. The monoisotopic (exact) mass is 278 g/mol. The maximum absolute atomic E-state index is 5.87. The Morgan fingerprint density at radius 2 is 1.65 bits per heavy atom. The predicted molar refractivity (Wildman–Crippen MR) is 85.8 cm³/mol. The molecular weight excluding hydrogens is 248 g/mol. The van der Waals surface area contributed by atoms with Crippen molar-refractivity contribution in [2.24, 2.45) is 0 Å². The van der Waals surface area contributed by atoms with E-state index in [1.807, 2.05) is 7.05 Å². The fourth-order valence-corrected chi connectivity index (χ4v) is 2.53. The fraction of sp³-hybridized carbons (Fsp3) is 0.647. The molecule has 0 radical (unpaired) electrons. The summed E-state index contributed by atoms with van der Waals surface area (Å²) in [4.78, 5) is 2.46. The Morgan fingerprint density at radius 3 is 2.20 bits per heavy atom. The van der Waals surface area contributed by atoms with Gasteiger partial charge in [-0.25, -0.2) is 0 Å². The molecule has 0 unspecified atom stereocenters. The zero-order chi connectivity index (χ0) is 15.0. The van der Waals surface area contributed by atoms with Crippen molar-refractivity contribution < 1.29 is 4.74 Å². The van der Waals surface area contributed by atoms with Gasteiger partial charge in [0.25, 0.3) is 0 Å². The average molecular weight is 278 g/mol. The van der Waals surface area contributed by atoms with Crippen molar-refractivity contribution in [3.05, 3.63) is 35.4 Å². The number of hydrogen-bond acceptors (Lipinski definition) is 3. The predicted octanol–water partition coefficient (Wildman–Crippen LogP) is 3.04. The van der Waals surface area contributed by atoms with Gasteiger partial charge in [0, 0.05) is 25.2 Å². The van der Waals surface area contributed by atoms with Crippen LogP contribution in [-0.2, 0) is 17.9 Å². The fourth-order valence-electron chi connectivity index (χ4n) is 2.53. The Morgan fingerprint density at radius 1 is 1.05 bits per heavy atom. The molecule has 0 spiro atoms. The van der Waals surface area contributed by atoms with Crippen LogP contribution in [0.15, 0.2) is 24.3 Å². The van der Waals surface area contributed by atoms with Crippen LogP contribution in [0.25, 0.3) is 0 Å². The topological polar surface area (TPSA) is 24.5 Å². The molecule has 0 saturated heterocycles. The number of nitrogens with one attached hydrogen (secondary N) is 1. The summed E-state index contributed by atoms with van der Waals surface area (Å²) in [6.45, 7) is 12.3.